The Bertz CT molecular complexity index is 1750. The first-order valence-corrected chi connectivity index (χ1v) is 21.2. The average Bonchev–Trinajstić information content (AvgIpc) is 3.82. The predicted octanol–water partition coefficient (Wildman–Crippen LogP) is 11.1. The molecule has 1 unspecified atom stereocenters. The van der Waals surface area contributed by atoms with Crippen molar-refractivity contribution in [1.82, 2.24) is 0 Å². The topological polar surface area (TPSA) is 0 Å². The van der Waals surface area contributed by atoms with Gasteiger partial charge in [0.1, 0.15) is 0 Å². The van der Waals surface area contributed by atoms with E-state index in [2.05, 4.69) is 174 Å². The molecule has 0 saturated heterocycles. The van der Waals surface area contributed by atoms with Crippen molar-refractivity contribution in [2.75, 3.05) is 0 Å². The Morgan fingerprint density at radius 3 is 1.23 bits per heavy atom. The van der Waals surface area contributed by atoms with E-state index in [-0.39, 0.29) is 37.2 Å². The summed E-state index contributed by atoms with van der Waals surface area (Å²) in [5.41, 5.74) is 7.38. The second-order valence-corrected chi connectivity index (χ2v) is 18.7. The van der Waals surface area contributed by atoms with Crippen LogP contribution < -0.4 is 26.5 Å². The van der Waals surface area contributed by atoms with Gasteiger partial charge in [0.05, 0.1) is 34.8 Å². The van der Waals surface area contributed by atoms with Crippen LogP contribution in [0.5, 0.6) is 0 Å². The molecule has 0 amide bonds. The Balaban J connectivity index is 0.000000408. The van der Waals surface area contributed by atoms with Crippen LogP contribution in [0.1, 0.15) is 66.1 Å². The molecule has 0 aromatic heterocycles. The third kappa shape index (κ3) is 12.9. The molecule has 6 aromatic carbocycles. The first kappa shape index (κ1) is 43.5. The normalized spacial score (nSPS) is 12.6. The zero-order valence-electron chi connectivity index (χ0n) is 31.3. The van der Waals surface area contributed by atoms with E-state index in [1.807, 2.05) is 30.3 Å². The van der Waals surface area contributed by atoms with Gasteiger partial charge in [-0.2, -0.15) is 0 Å². The molecule has 1 aliphatic carbocycles. The van der Waals surface area contributed by atoms with Crippen LogP contribution in [0.2, 0.25) is 0 Å². The second kappa shape index (κ2) is 23.0. The number of allylic oxidation sites excluding steroid dienone is 4. The smallest absolute Gasteiger partial charge is 0.0977 e. The van der Waals surface area contributed by atoms with Crippen molar-refractivity contribution in [1.29, 1.82) is 0 Å². The molecular formula is C48H54FeIrP2-4. The summed E-state index contributed by atoms with van der Waals surface area (Å²) in [6.45, 7) is 11.4. The Morgan fingerprint density at radius 1 is 0.500 bits per heavy atom. The van der Waals surface area contributed by atoms with Crippen LogP contribution in [-0.2, 0) is 37.2 Å². The Morgan fingerprint density at radius 2 is 0.865 bits per heavy atom. The van der Waals surface area contributed by atoms with Gasteiger partial charge in [0, 0.05) is 50.4 Å². The molecule has 7 rings (SSSR count). The third-order valence-corrected chi connectivity index (χ3v) is 14.9. The van der Waals surface area contributed by atoms with Crippen LogP contribution in [0.4, 0.5) is 0 Å². The van der Waals surface area contributed by atoms with E-state index in [0.29, 0.717) is 5.66 Å². The molecule has 1 aliphatic rings. The maximum atomic E-state index is 2.48. The molecular weight excluding hydrogens is 887 g/mol. The van der Waals surface area contributed by atoms with E-state index in [0.717, 1.165) is 0 Å². The monoisotopic (exact) mass is 941 g/mol. The minimum absolute atomic E-state index is 0. The first-order valence-electron chi connectivity index (χ1n) is 18.2. The van der Waals surface area contributed by atoms with Crippen LogP contribution >= 0.6 is 15.8 Å². The van der Waals surface area contributed by atoms with Crippen molar-refractivity contribution >= 4 is 42.4 Å². The molecule has 0 spiro atoms. The van der Waals surface area contributed by atoms with Crippen molar-refractivity contribution in [2.24, 2.45) is 0 Å². The fourth-order valence-corrected chi connectivity index (χ4v) is 13.4. The minimum Gasteiger partial charge on any atom is -0.748 e. The number of aryl methyl sites for hydroxylation is 4. The molecule has 0 saturated carbocycles. The third-order valence-electron chi connectivity index (χ3n) is 9.10. The van der Waals surface area contributed by atoms with E-state index in [1.54, 1.807) is 0 Å². The Kier molecular flexibility index (Phi) is 19.2. The first-order chi connectivity index (χ1) is 24.4. The maximum Gasteiger partial charge on any atom is 0.0977 e. The quantitative estimate of drug-likeness (QED) is 0.0648. The minimum atomic E-state index is -1.12. The summed E-state index contributed by atoms with van der Waals surface area (Å²) < 4.78 is 0. The fourth-order valence-electron chi connectivity index (χ4n) is 6.99. The molecule has 0 nitrogen and oxygen atoms in total. The predicted molar refractivity (Wildman–Crippen MR) is 229 cm³/mol. The van der Waals surface area contributed by atoms with Crippen molar-refractivity contribution in [3.8, 4) is 0 Å². The van der Waals surface area contributed by atoms with E-state index in [1.165, 1.54) is 80.0 Å². The summed E-state index contributed by atoms with van der Waals surface area (Å²) in [6.07, 6.45) is 14.0. The zero-order chi connectivity index (χ0) is 35.1. The molecule has 0 heterocycles. The summed E-state index contributed by atoms with van der Waals surface area (Å²) in [4.78, 5) is 0. The van der Waals surface area contributed by atoms with E-state index in [9.17, 15) is 0 Å². The van der Waals surface area contributed by atoms with Crippen LogP contribution in [0, 0.1) is 27.7 Å². The van der Waals surface area contributed by atoms with E-state index >= 15 is 0 Å². The largest absolute Gasteiger partial charge is 0.748 e. The average molecular weight is 941 g/mol. The number of rotatable bonds is 7. The van der Waals surface area contributed by atoms with Crippen molar-refractivity contribution in [3.63, 3.8) is 0 Å². The van der Waals surface area contributed by atoms with Gasteiger partial charge in [0.25, 0.3) is 0 Å². The Hall–Kier alpha value is -2.91. The summed E-state index contributed by atoms with van der Waals surface area (Å²) in [5.74, 6) is 0. The summed E-state index contributed by atoms with van der Waals surface area (Å²) in [5, 5.41) is 7.46. The fraction of sp³-hybridized carbons (Fsp3) is 0.208. The number of hydrogen-bond acceptors (Lipinski definition) is 0. The van der Waals surface area contributed by atoms with Gasteiger partial charge in [-0.3, -0.25) is 0 Å². The molecule has 277 valence electrons. The van der Waals surface area contributed by atoms with Gasteiger partial charge >= 0.3 is 0 Å². The van der Waals surface area contributed by atoms with Crippen LogP contribution in [0.15, 0.2) is 170 Å². The molecule has 52 heavy (non-hydrogen) atoms. The standard InChI is InChI=1S/C35H36P2.C8H12.C5H5.Fe.Ir/c1-25-19-26(2)22-32(21-25)36(33-23-27(3)20-28(4)24-33)29(5)34-17-12-18-35(34)37(30-13-8-6-9-14-30)31-15-10-7-11-16-31;1-2-4-6-8-7-5-3-1;1-2-4-5-3-1;;/h6-24,29,37H,1-5H3;1-2,7-8H,3-6H2;1-5H;;/q;;-5;;/p+1. The maximum absolute atomic E-state index is 2.48. The summed E-state index contributed by atoms with van der Waals surface area (Å²) in [7, 11) is -2.21. The van der Waals surface area contributed by atoms with Crippen molar-refractivity contribution < 1.29 is 37.2 Å². The molecule has 0 bridgehead atoms. The van der Waals surface area contributed by atoms with Gasteiger partial charge in [0.2, 0.25) is 0 Å². The Labute approximate surface area is 341 Å². The van der Waals surface area contributed by atoms with Crippen LogP contribution in [0.3, 0.4) is 0 Å². The van der Waals surface area contributed by atoms with Gasteiger partial charge in [0.15, 0.2) is 0 Å². The van der Waals surface area contributed by atoms with Gasteiger partial charge in [-0.15, -0.1) is 6.07 Å². The van der Waals surface area contributed by atoms with E-state index < -0.39 is 15.8 Å². The second-order valence-electron chi connectivity index (χ2n) is 13.4. The number of benzene rings is 4. The summed E-state index contributed by atoms with van der Waals surface area (Å²) in [6, 6.07) is 53.8. The zero-order valence-corrected chi connectivity index (χ0v) is 36.8. The van der Waals surface area contributed by atoms with Gasteiger partial charge < -0.3 is 30.3 Å². The van der Waals surface area contributed by atoms with Crippen LogP contribution in [-0.4, -0.2) is 0 Å². The number of hydrogen-bond donors (Lipinski definition) is 0. The van der Waals surface area contributed by atoms with Gasteiger partial charge in [-0.25, -0.2) is 12.1 Å². The van der Waals surface area contributed by atoms with E-state index in [4.69, 9.17) is 0 Å². The molecule has 1 radical (unpaired) electrons. The molecule has 6 aromatic rings. The van der Waals surface area contributed by atoms with Gasteiger partial charge in [-0.1, -0.05) is 78.4 Å². The van der Waals surface area contributed by atoms with Gasteiger partial charge in [-0.05, 0) is 131 Å². The molecule has 0 aliphatic heterocycles. The molecule has 4 heteroatoms. The van der Waals surface area contributed by atoms with Crippen molar-refractivity contribution in [3.05, 3.63) is 198 Å². The van der Waals surface area contributed by atoms with Crippen LogP contribution in [0.25, 0.3) is 0 Å². The molecule has 0 N–H and O–H groups in total. The molecule has 0 fully saturated rings. The SMILES string of the molecule is C1=CCCC=CCC1.Cc1cc(C)cc([PH+](c2cc(C)cc(C)c2)C(C)c2ccc[c-]2[PH+](c2ccccc2)c2ccccc2)c1.[Fe].[Ir].[cH-]1[cH-][cH-][cH-][cH-]1. The summed E-state index contributed by atoms with van der Waals surface area (Å²) >= 11 is 0. The van der Waals surface area contributed by atoms with Crippen molar-refractivity contribution in [2.45, 2.75) is 66.0 Å². The molecule has 1 atom stereocenters.